The second-order valence-electron chi connectivity index (χ2n) is 10.2. The molecule has 2 N–H and O–H groups in total. The number of carbonyl (C=O) groups excluding carboxylic acids is 1. The smallest absolute Gasteiger partial charge is 0.220 e. The van der Waals surface area contributed by atoms with Gasteiger partial charge in [0.2, 0.25) is 5.91 Å². The number of fused-ring (bicyclic) bond motifs is 1. The zero-order valence-electron chi connectivity index (χ0n) is 20.7. The van der Waals surface area contributed by atoms with E-state index in [2.05, 4.69) is 32.2 Å². The Hall–Kier alpha value is -2.03. The quantitative estimate of drug-likeness (QED) is 0.261. The molecule has 0 saturated carbocycles. The van der Waals surface area contributed by atoms with Crippen molar-refractivity contribution in [3.8, 4) is 5.75 Å². The van der Waals surface area contributed by atoms with Crippen LogP contribution in [0.3, 0.4) is 0 Å². The fraction of sp³-hybridized carbons (Fsp3) is 0.621. The van der Waals surface area contributed by atoms with E-state index in [9.17, 15) is 9.90 Å². The van der Waals surface area contributed by atoms with Crippen LogP contribution in [0.2, 0.25) is 0 Å². The van der Waals surface area contributed by atoms with Gasteiger partial charge < -0.3 is 10.4 Å². The molecule has 0 aromatic heterocycles. The van der Waals surface area contributed by atoms with Crippen molar-refractivity contribution in [3.63, 3.8) is 0 Å². The molecule has 0 heterocycles. The third-order valence-corrected chi connectivity index (χ3v) is 6.42. The summed E-state index contributed by atoms with van der Waals surface area (Å²) in [5, 5.41) is 15.7. The summed E-state index contributed by atoms with van der Waals surface area (Å²) < 4.78 is 0. The van der Waals surface area contributed by atoms with Crippen LogP contribution >= 0.6 is 0 Å². The number of amides is 1. The average molecular weight is 440 g/mol. The molecule has 3 heteroatoms. The predicted octanol–water partition coefficient (Wildman–Crippen LogP) is 7.93. The van der Waals surface area contributed by atoms with Crippen molar-refractivity contribution in [1.29, 1.82) is 0 Å². The van der Waals surface area contributed by atoms with Gasteiger partial charge >= 0.3 is 0 Å². The number of rotatable bonds is 16. The SMILES string of the molecule is CCCCCCCCCCCCCC(=O)NCC(C)(C)Cc1ccc2ccccc2c1O. The second-order valence-corrected chi connectivity index (χ2v) is 10.2. The molecule has 0 aliphatic carbocycles. The van der Waals surface area contributed by atoms with E-state index < -0.39 is 0 Å². The molecular weight excluding hydrogens is 394 g/mol. The van der Waals surface area contributed by atoms with Crippen LogP contribution in [0.5, 0.6) is 5.75 Å². The van der Waals surface area contributed by atoms with Crippen molar-refractivity contribution in [1.82, 2.24) is 5.32 Å². The summed E-state index contributed by atoms with van der Waals surface area (Å²) >= 11 is 0. The van der Waals surface area contributed by atoms with Crippen LogP contribution in [0.25, 0.3) is 10.8 Å². The fourth-order valence-electron chi connectivity index (χ4n) is 4.40. The third-order valence-electron chi connectivity index (χ3n) is 6.42. The highest BCUT2D eigenvalue weighted by Crippen LogP contribution is 2.33. The maximum Gasteiger partial charge on any atom is 0.220 e. The fourth-order valence-corrected chi connectivity index (χ4v) is 4.40. The average Bonchev–Trinajstić information content (AvgIpc) is 2.78. The van der Waals surface area contributed by atoms with Crippen LogP contribution in [0.1, 0.15) is 103 Å². The van der Waals surface area contributed by atoms with E-state index in [4.69, 9.17) is 0 Å². The summed E-state index contributed by atoms with van der Waals surface area (Å²) in [5.41, 5.74) is 0.820. The highest BCUT2D eigenvalue weighted by atomic mass is 16.3. The standard InChI is InChI=1S/C29H45NO2/c1-4-5-6-7-8-9-10-11-12-13-14-19-27(31)30-23-29(2,3)22-25-21-20-24-17-15-16-18-26(24)28(25)32/h15-18,20-21,32H,4-14,19,22-23H2,1-3H3,(H,30,31). The minimum absolute atomic E-state index is 0.118. The molecule has 0 radical (unpaired) electrons. The maximum atomic E-state index is 12.3. The Morgan fingerprint density at radius 3 is 2.09 bits per heavy atom. The lowest BCUT2D eigenvalue weighted by Crippen LogP contribution is -2.35. The number of phenols is 1. The number of nitrogens with one attached hydrogen (secondary N) is 1. The summed E-state index contributed by atoms with van der Waals surface area (Å²) in [6.45, 7) is 7.17. The first kappa shape index (κ1) is 26.2. The molecule has 2 rings (SSSR count). The lowest BCUT2D eigenvalue weighted by atomic mass is 9.84. The molecule has 0 spiro atoms. The Labute approximate surface area is 196 Å². The lowest BCUT2D eigenvalue weighted by Gasteiger charge is -2.26. The number of phenolic OH excluding ortho intramolecular Hbond substituents is 1. The van der Waals surface area contributed by atoms with Crippen molar-refractivity contribution in [3.05, 3.63) is 42.0 Å². The molecule has 3 nitrogen and oxygen atoms in total. The lowest BCUT2D eigenvalue weighted by molar-refractivity contribution is -0.121. The highest BCUT2D eigenvalue weighted by molar-refractivity contribution is 5.89. The van der Waals surface area contributed by atoms with Gasteiger partial charge in [0.05, 0.1) is 0 Å². The molecular formula is C29H45NO2. The topological polar surface area (TPSA) is 49.3 Å². The molecule has 0 fully saturated rings. The van der Waals surface area contributed by atoms with E-state index >= 15 is 0 Å². The monoisotopic (exact) mass is 439 g/mol. The summed E-state index contributed by atoms with van der Waals surface area (Å²) in [6, 6.07) is 12.0. The summed E-state index contributed by atoms with van der Waals surface area (Å²) in [5.74, 6) is 0.514. The predicted molar refractivity (Wildman–Crippen MR) is 137 cm³/mol. The molecule has 0 bridgehead atoms. The molecule has 0 unspecified atom stereocenters. The van der Waals surface area contributed by atoms with Gasteiger partial charge in [-0.3, -0.25) is 4.79 Å². The van der Waals surface area contributed by atoms with Gasteiger partial charge in [-0.25, -0.2) is 0 Å². The number of aromatic hydroxyl groups is 1. The molecule has 2 aromatic rings. The van der Waals surface area contributed by atoms with E-state index in [1.54, 1.807) is 0 Å². The Balaban J connectivity index is 1.59. The number of benzene rings is 2. The minimum Gasteiger partial charge on any atom is -0.507 e. The zero-order chi connectivity index (χ0) is 23.2. The Kier molecular flexibility index (Phi) is 11.6. The molecule has 1 amide bonds. The van der Waals surface area contributed by atoms with Gasteiger partial charge in [-0.2, -0.15) is 0 Å². The van der Waals surface area contributed by atoms with Crippen molar-refractivity contribution < 1.29 is 9.90 Å². The van der Waals surface area contributed by atoms with E-state index in [-0.39, 0.29) is 11.3 Å². The second kappa shape index (κ2) is 14.2. The molecule has 0 aliphatic heterocycles. The van der Waals surface area contributed by atoms with Crippen LogP contribution in [0.15, 0.2) is 36.4 Å². The van der Waals surface area contributed by atoms with Gasteiger partial charge in [0.15, 0.2) is 0 Å². The van der Waals surface area contributed by atoms with Gasteiger partial charge in [0, 0.05) is 18.4 Å². The van der Waals surface area contributed by atoms with Gasteiger partial charge in [-0.05, 0) is 29.2 Å². The molecule has 178 valence electrons. The number of hydrogen-bond acceptors (Lipinski definition) is 2. The van der Waals surface area contributed by atoms with Crippen LogP contribution in [-0.4, -0.2) is 17.6 Å². The van der Waals surface area contributed by atoms with E-state index in [1.165, 1.54) is 57.8 Å². The third kappa shape index (κ3) is 9.63. The largest absolute Gasteiger partial charge is 0.507 e. The van der Waals surface area contributed by atoms with Crippen molar-refractivity contribution in [2.75, 3.05) is 6.54 Å². The summed E-state index contributed by atoms with van der Waals surface area (Å²) in [7, 11) is 0. The molecule has 2 aromatic carbocycles. The first-order chi connectivity index (χ1) is 15.4. The van der Waals surface area contributed by atoms with Gasteiger partial charge in [0.25, 0.3) is 0 Å². The Morgan fingerprint density at radius 2 is 1.44 bits per heavy atom. The van der Waals surface area contributed by atoms with Gasteiger partial charge in [-0.15, -0.1) is 0 Å². The Bertz CT molecular complexity index is 812. The van der Waals surface area contributed by atoms with Gasteiger partial charge in [0.1, 0.15) is 5.75 Å². The first-order valence-corrected chi connectivity index (χ1v) is 12.9. The van der Waals surface area contributed by atoms with Crippen LogP contribution < -0.4 is 5.32 Å². The Morgan fingerprint density at radius 1 is 0.844 bits per heavy atom. The van der Waals surface area contributed by atoms with E-state index in [1.807, 2.05) is 30.3 Å². The highest BCUT2D eigenvalue weighted by Gasteiger charge is 2.21. The van der Waals surface area contributed by atoms with Crippen molar-refractivity contribution in [2.24, 2.45) is 5.41 Å². The number of unbranched alkanes of at least 4 members (excludes halogenated alkanes) is 10. The summed E-state index contributed by atoms with van der Waals surface area (Å²) in [6.07, 6.45) is 15.6. The molecule has 32 heavy (non-hydrogen) atoms. The van der Waals surface area contributed by atoms with Crippen molar-refractivity contribution in [2.45, 2.75) is 104 Å². The van der Waals surface area contributed by atoms with Gasteiger partial charge in [-0.1, -0.05) is 121 Å². The minimum atomic E-state index is -0.118. The van der Waals surface area contributed by atoms with Crippen LogP contribution in [0, 0.1) is 5.41 Å². The van der Waals surface area contributed by atoms with Crippen LogP contribution in [-0.2, 0) is 11.2 Å². The van der Waals surface area contributed by atoms with Crippen molar-refractivity contribution >= 4 is 16.7 Å². The molecule has 0 saturated heterocycles. The van der Waals surface area contributed by atoms with Crippen LogP contribution in [0.4, 0.5) is 0 Å². The number of hydrogen-bond donors (Lipinski definition) is 2. The van der Waals surface area contributed by atoms with E-state index in [0.29, 0.717) is 18.7 Å². The first-order valence-electron chi connectivity index (χ1n) is 12.9. The molecule has 0 atom stereocenters. The summed E-state index contributed by atoms with van der Waals surface area (Å²) in [4.78, 5) is 12.3. The maximum absolute atomic E-state index is 12.3. The number of carbonyl (C=O) groups is 1. The van der Waals surface area contributed by atoms with E-state index in [0.717, 1.165) is 35.6 Å². The zero-order valence-corrected chi connectivity index (χ0v) is 20.7. The molecule has 0 aliphatic rings. The normalized spacial score (nSPS) is 11.7.